The lowest BCUT2D eigenvalue weighted by Crippen LogP contribution is -2.56. The number of carboxylic acids is 1. The van der Waals surface area contributed by atoms with E-state index >= 15 is 0 Å². The van der Waals surface area contributed by atoms with Crippen LogP contribution in [0.1, 0.15) is 45.1 Å². The van der Waals surface area contributed by atoms with Gasteiger partial charge in [-0.25, -0.2) is 4.79 Å². The summed E-state index contributed by atoms with van der Waals surface area (Å²) in [5, 5.41) is 14.9. The Hall–Kier alpha value is -2.04. The number of rotatable bonds is 7. The van der Waals surface area contributed by atoms with Crippen molar-refractivity contribution in [2.24, 2.45) is 5.41 Å². The van der Waals surface area contributed by atoms with Crippen LogP contribution in [0.4, 0.5) is 4.79 Å². The molecular formula is C18H26N2O3. The van der Waals surface area contributed by atoms with Crippen LogP contribution in [0.3, 0.4) is 0 Å². The minimum Gasteiger partial charge on any atom is -0.481 e. The zero-order valence-corrected chi connectivity index (χ0v) is 13.8. The first-order chi connectivity index (χ1) is 10.9. The monoisotopic (exact) mass is 318 g/mol. The van der Waals surface area contributed by atoms with Crippen LogP contribution in [0.15, 0.2) is 30.3 Å². The van der Waals surface area contributed by atoms with E-state index in [9.17, 15) is 9.59 Å². The number of carboxylic acid groups (broad SMARTS) is 1. The van der Waals surface area contributed by atoms with Gasteiger partial charge in [0, 0.05) is 18.5 Å². The molecule has 126 valence electrons. The molecule has 3 N–H and O–H groups in total. The molecule has 0 radical (unpaired) electrons. The van der Waals surface area contributed by atoms with Crippen LogP contribution in [0.2, 0.25) is 0 Å². The van der Waals surface area contributed by atoms with Crippen LogP contribution in [-0.2, 0) is 11.2 Å². The summed E-state index contributed by atoms with van der Waals surface area (Å²) in [6, 6.07) is 9.62. The quantitative estimate of drug-likeness (QED) is 0.723. The molecule has 0 aliphatic heterocycles. The molecule has 1 aliphatic carbocycles. The summed E-state index contributed by atoms with van der Waals surface area (Å²) in [6.07, 6.45) is 3.22. The Bertz CT molecular complexity index is 542. The summed E-state index contributed by atoms with van der Waals surface area (Å²) < 4.78 is 0. The van der Waals surface area contributed by atoms with E-state index in [1.54, 1.807) is 0 Å². The standard InChI is InChI=1S/C18H26N2O3/c1-18(2)11-10-15(18)20-17(23)19-14(8-9-16(21)22)12-13-6-4-3-5-7-13/h3-7,14-15H,8-12H2,1-2H3,(H,21,22)(H2,19,20,23). The van der Waals surface area contributed by atoms with Crippen molar-refractivity contribution in [2.45, 2.75) is 58.0 Å². The normalized spacial score (nSPS) is 20.2. The van der Waals surface area contributed by atoms with E-state index in [0.29, 0.717) is 12.8 Å². The van der Waals surface area contributed by atoms with Crippen LogP contribution in [0, 0.1) is 5.41 Å². The fourth-order valence-corrected chi connectivity index (χ4v) is 2.94. The molecule has 1 saturated carbocycles. The third-order valence-electron chi connectivity index (χ3n) is 4.69. The summed E-state index contributed by atoms with van der Waals surface area (Å²) in [5.74, 6) is -0.842. The molecule has 0 heterocycles. The Morgan fingerprint density at radius 1 is 1.30 bits per heavy atom. The first-order valence-corrected chi connectivity index (χ1v) is 8.19. The molecule has 2 rings (SSSR count). The van der Waals surface area contributed by atoms with E-state index in [1.807, 2.05) is 30.3 Å². The highest BCUT2D eigenvalue weighted by atomic mass is 16.4. The molecule has 5 heteroatoms. The summed E-state index contributed by atoms with van der Waals surface area (Å²) in [4.78, 5) is 23.0. The second-order valence-corrected chi connectivity index (χ2v) is 7.02. The van der Waals surface area contributed by atoms with Crippen molar-refractivity contribution < 1.29 is 14.7 Å². The van der Waals surface area contributed by atoms with E-state index in [-0.39, 0.29) is 30.0 Å². The van der Waals surface area contributed by atoms with Gasteiger partial charge in [-0.2, -0.15) is 0 Å². The van der Waals surface area contributed by atoms with Gasteiger partial charge >= 0.3 is 12.0 Å². The third kappa shape index (κ3) is 5.27. The van der Waals surface area contributed by atoms with Crippen LogP contribution < -0.4 is 10.6 Å². The predicted octanol–water partition coefficient (Wildman–Crippen LogP) is 2.95. The lowest BCUT2D eigenvalue weighted by molar-refractivity contribution is -0.137. The Morgan fingerprint density at radius 3 is 2.52 bits per heavy atom. The SMILES string of the molecule is CC1(C)CCC1NC(=O)NC(CCC(=O)O)Cc1ccccc1. The fraction of sp³-hybridized carbons (Fsp3) is 0.556. The van der Waals surface area contributed by atoms with Gasteiger partial charge in [0.05, 0.1) is 0 Å². The van der Waals surface area contributed by atoms with Crippen molar-refractivity contribution in [3.63, 3.8) is 0 Å². The molecule has 0 aromatic heterocycles. The highest BCUT2D eigenvalue weighted by molar-refractivity contribution is 5.75. The van der Waals surface area contributed by atoms with Gasteiger partial charge in [0.1, 0.15) is 0 Å². The molecule has 23 heavy (non-hydrogen) atoms. The van der Waals surface area contributed by atoms with Crippen LogP contribution in [0.5, 0.6) is 0 Å². The maximum atomic E-state index is 12.2. The van der Waals surface area contributed by atoms with Gasteiger partial charge in [0.2, 0.25) is 0 Å². The Morgan fingerprint density at radius 2 is 2.00 bits per heavy atom. The second kappa shape index (κ2) is 7.49. The first kappa shape index (κ1) is 17.3. The Balaban J connectivity index is 1.90. The van der Waals surface area contributed by atoms with Crippen molar-refractivity contribution in [2.75, 3.05) is 0 Å². The van der Waals surface area contributed by atoms with Gasteiger partial charge < -0.3 is 15.7 Å². The number of hydrogen-bond acceptors (Lipinski definition) is 2. The van der Waals surface area contributed by atoms with Gasteiger partial charge in [-0.3, -0.25) is 4.79 Å². The van der Waals surface area contributed by atoms with E-state index in [1.165, 1.54) is 0 Å². The highest BCUT2D eigenvalue weighted by Crippen LogP contribution is 2.39. The predicted molar refractivity (Wildman–Crippen MR) is 89.3 cm³/mol. The maximum absolute atomic E-state index is 12.2. The van der Waals surface area contributed by atoms with Crippen molar-refractivity contribution in [1.29, 1.82) is 0 Å². The van der Waals surface area contributed by atoms with Crippen LogP contribution >= 0.6 is 0 Å². The first-order valence-electron chi connectivity index (χ1n) is 8.19. The Kier molecular flexibility index (Phi) is 5.64. The molecule has 2 unspecified atom stereocenters. The van der Waals surface area contributed by atoms with Crippen molar-refractivity contribution in [3.05, 3.63) is 35.9 Å². The average molecular weight is 318 g/mol. The van der Waals surface area contributed by atoms with Gasteiger partial charge in [-0.05, 0) is 36.7 Å². The minimum absolute atomic E-state index is 0.0483. The zero-order chi connectivity index (χ0) is 16.9. The molecule has 1 aliphatic rings. The fourth-order valence-electron chi connectivity index (χ4n) is 2.94. The molecule has 1 fully saturated rings. The summed E-state index contributed by atoms with van der Waals surface area (Å²) >= 11 is 0. The Labute approximate surface area is 137 Å². The number of carbonyl (C=O) groups excluding carboxylic acids is 1. The minimum atomic E-state index is -0.842. The zero-order valence-electron chi connectivity index (χ0n) is 13.8. The third-order valence-corrected chi connectivity index (χ3v) is 4.69. The molecule has 0 bridgehead atoms. The van der Waals surface area contributed by atoms with Crippen molar-refractivity contribution >= 4 is 12.0 Å². The molecule has 1 aromatic carbocycles. The lowest BCUT2D eigenvalue weighted by Gasteiger charge is -2.44. The maximum Gasteiger partial charge on any atom is 0.315 e. The van der Waals surface area contributed by atoms with Crippen molar-refractivity contribution in [1.82, 2.24) is 10.6 Å². The molecule has 1 aromatic rings. The smallest absolute Gasteiger partial charge is 0.315 e. The van der Waals surface area contributed by atoms with Gasteiger partial charge in [-0.1, -0.05) is 44.2 Å². The molecule has 2 amide bonds. The summed E-state index contributed by atoms with van der Waals surface area (Å²) in [7, 11) is 0. The number of benzene rings is 1. The van der Waals surface area contributed by atoms with Gasteiger partial charge in [0.15, 0.2) is 0 Å². The summed E-state index contributed by atoms with van der Waals surface area (Å²) in [5.41, 5.74) is 1.24. The number of nitrogens with one attached hydrogen (secondary N) is 2. The summed E-state index contributed by atoms with van der Waals surface area (Å²) in [6.45, 7) is 4.29. The molecule has 5 nitrogen and oxygen atoms in total. The number of amides is 2. The average Bonchev–Trinajstić information content (AvgIpc) is 2.50. The topological polar surface area (TPSA) is 78.4 Å². The number of aliphatic carboxylic acids is 1. The molecule has 2 atom stereocenters. The second-order valence-electron chi connectivity index (χ2n) is 7.02. The van der Waals surface area contributed by atoms with Crippen LogP contribution in [0.25, 0.3) is 0 Å². The number of carbonyl (C=O) groups is 2. The van der Waals surface area contributed by atoms with E-state index < -0.39 is 5.97 Å². The molecule has 0 spiro atoms. The number of hydrogen-bond donors (Lipinski definition) is 3. The number of urea groups is 1. The van der Waals surface area contributed by atoms with Gasteiger partial charge in [-0.15, -0.1) is 0 Å². The lowest BCUT2D eigenvalue weighted by atomic mass is 9.67. The highest BCUT2D eigenvalue weighted by Gasteiger charge is 2.39. The van der Waals surface area contributed by atoms with E-state index in [0.717, 1.165) is 18.4 Å². The van der Waals surface area contributed by atoms with Crippen LogP contribution in [-0.4, -0.2) is 29.2 Å². The van der Waals surface area contributed by atoms with Crippen molar-refractivity contribution in [3.8, 4) is 0 Å². The largest absolute Gasteiger partial charge is 0.481 e. The molecule has 0 saturated heterocycles. The van der Waals surface area contributed by atoms with Gasteiger partial charge in [0.25, 0.3) is 0 Å². The van der Waals surface area contributed by atoms with E-state index in [4.69, 9.17) is 5.11 Å². The molecular weight excluding hydrogens is 292 g/mol. The van der Waals surface area contributed by atoms with E-state index in [2.05, 4.69) is 24.5 Å².